The van der Waals surface area contributed by atoms with Crippen LogP contribution in [-0.2, 0) is 0 Å². The van der Waals surface area contributed by atoms with Crippen LogP contribution in [0.4, 0.5) is 0 Å². The summed E-state index contributed by atoms with van der Waals surface area (Å²) in [5.41, 5.74) is 0. The molecule has 1 N–H and O–H groups in total. The van der Waals surface area contributed by atoms with E-state index in [2.05, 4.69) is 11.6 Å². The van der Waals surface area contributed by atoms with Crippen LogP contribution in [0.15, 0.2) is 16.5 Å². The summed E-state index contributed by atoms with van der Waals surface area (Å²) in [6, 6.07) is 0. The maximum atomic E-state index is 6.88. The molecular weight excluding hydrogens is 108 g/mol. The average Bonchev–Trinajstić information content (AvgIpc) is 1.87. The van der Waals surface area contributed by atoms with Gasteiger partial charge in [0, 0.05) is 11.1 Å². The van der Waals surface area contributed by atoms with Crippen LogP contribution >= 0.6 is 11.8 Å². The molecule has 36 valence electrons. The molecule has 1 aliphatic heterocycles. The Morgan fingerprint density at radius 2 is 2.57 bits per heavy atom. The third-order valence-electron chi connectivity index (χ3n) is 0.554. The van der Waals surface area contributed by atoms with Crippen molar-refractivity contribution in [3.05, 3.63) is 11.5 Å². The van der Waals surface area contributed by atoms with Crippen molar-refractivity contribution in [1.82, 2.24) is 0 Å². The van der Waals surface area contributed by atoms with Gasteiger partial charge < -0.3 is 0 Å². The number of hydrogen-bond acceptors (Lipinski definition) is 2. The second-order valence-corrected chi connectivity index (χ2v) is 2.25. The molecular formula is C4H4N2S. The number of nitrogens with one attached hydrogen (secondary N) is 1. The normalized spacial score (nSPS) is 18.9. The van der Waals surface area contributed by atoms with Crippen molar-refractivity contribution in [3.63, 3.8) is 0 Å². The molecule has 1 aliphatic rings. The van der Waals surface area contributed by atoms with Crippen molar-refractivity contribution in [3.8, 4) is 0 Å². The second kappa shape index (κ2) is 1.50. The Morgan fingerprint density at radius 3 is 2.71 bits per heavy atom. The van der Waals surface area contributed by atoms with Crippen LogP contribution in [-0.4, -0.2) is 11.4 Å². The first-order chi connectivity index (χ1) is 3.29. The standard InChI is InChI=1S/C4H4N2S/c1-3-2-6-4(5)7-3/h2,5H,1H2. The first kappa shape index (κ1) is 4.59. The predicted octanol–water partition coefficient (Wildman–Crippen LogP) is 1.25. The summed E-state index contributed by atoms with van der Waals surface area (Å²) in [6.07, 6.45) is 1.59. The highest BCUT2D eigenvalue weighted by Crippen LogP contribution is 2.18. The lowest BCUT2D eigenvalue weighted by molar-refractivity contribution is 1.51. The van der Waals surface area contributed by atoms with Crippen molar-refractivity contribution < 1.29 is 0 Å². The second-order valence-electron chi connectivity index (χ2n) is 1.13. The van der Waals surface area contributed by atoms with Crippen LogP contribution in [0.25, 0.3) is 0 Å². The summed E-state index contributed by atoms with van der Waals surface area (Å²) in [6.45, 7) is 3.58. The van der Waals surface area contributed by atoms with Gasteiger partial charge in [-0.3, -0.25) is 5.41 Å². The molecule has 0 bridgehead atoms. The first-order valence-corrected chi connectivity index (χ1v) is 2.60. The third-order valence-corrected chi connectivity index (χ3v) is 1.22. The van der Waals surface area contributed by atoms with Gasteiger partial charge in [-0.25, -0.2) is 4.99 Å². The van der Waals surface area contributed by atoms with E-state index in [0.717, 1.165) is 4.91 Å². The number of allylic oxidation sites excluding steroid dienone is 1. The summed E-state index contributed by atoms with van der Waals surface area (Å²) >= 11 is 1.29. The van der Waals surface area contributed by atoms with Gasteiger partial charge in [0.05, 0.1) is 0 Å². The van der Waals surface area contributed by atoms with Crippen molar-refractivity contribution in [1.29, 1.82) is 5.41 Å². The van der Waals surface area contributed by atoms with Gasteiger partial charge in [0.2, 0.25) is 0 Å². The quantitative estimate of drug-likeness (QED) is 0.503. The Hall–Kier alpha value is -0.570. The molecule has 0 aromatic rings. The average molecular weight is 112 g/mol. The van der Waals surface area contributed by atoms with Crippen molar-refractivity contribution >= 4 is 23.1 Å². The zero-order valence-corrected chi connectivity index (χ0v) is 4.46. The monoisotopic (exact) mass is 112 g/mol. The van der Waals surface area contributed by atoms with Gasteiger partial charge in [-0.15, -0.1) is 0 Å². The highest BCUT2D eigenvalue weighted by Gasteiger charge is 2.02. The lowest BCUT2D eigenvalue weighted by Crippen LogP contribution is -1.68. The van der Waals surface area contributed by atoms with E-state index in [-0.39, 0.29) is 0 Å². The van der Waals surface area contributed by atoms with Crippen LogP contribution in [0.1, 0.15) is 0 Å². The minimum Gasteiger partial charge on any atom is -0.277 e. The Labute approximate surface area is 45.8 Å². The third kappa shape index (κ3) is 0.899. The van der Waals surface area contributed by atoms with E-state index in [9.17, 15) is 0 Å². The smallest absolute Gasteiger partial charge is 0.184 e. The van der Waals surface area contributed by atoms with Crippen LogP contribution < -0.4 is 0 Å². The number of aliphatic imine (C=N–C) groups is 1. The number of thioether (sulfide) groups is 1. The molecule has 0 spiro atoms. The van der Waals surface area contributed by atoms with Crippen LogP contribution in [0.3, 0.4) is 0 Å². The molecule has 0 amide bonds. The van der Waals surface area contributed by atoms with E-state index in [4.69, 9.17) is 5.41 Å². The molecule has 1 rings (SSSR count). The van der Waals surface area contributed by atoms with Gasteiger partial charge in [0.1, 0.15) is 0 Å². The van der Waals surface area contributed by atoms with Gasteiger partial charge in [-0.05, 0) is 11.8 Å². The summed E-state index contributed by atoms with van der Waals surface area (Å²) < 4.78 is 0. The lowest BCUT2D eigenvalue weighted by Gasteiger charge is -1.78. The van der Waals surface area contributed by atoms with Crippen LogP contribution in [0, 0.1) is 5.41 Å². The van der Waals surface area contributed by atoms with E-state index in [1.807, 2.05) is 0 Å². The lowest BCUT2D eigenvalue weighted by atomic mass is 10.7. The molecule has 1 heterocycles. The SMILES string of the molecule is C=C1C=NC(=N)S1. The number of amidine groups is 1. The van der Waals surface area contributed by atoms with Crippen LogP contribution in [0.2, 0.25) is 0 Å². The topological polar surface area (TPSA) is 36.2 Å². The highest BCUT2D eigenvalue weighted by molar-refractivity contribution is 8.18. The fourth-order valence-corrected chi connectivity index (χ4v) is 0.767. The highest BCUT2D eigenvalue weighted by atomic mass is 32.2. The molecule has 2 nitrogen and oxygen atoms in total. The molecule has 0 aliphatic carbocycles. The van der Waals surface area contributed by atoms with E-state index in [1.165, 1.54) is 11.8 Å². The van der Waals surface area contributed by atoms with Gasteiger partial charge in [-0.2, -0.15) is 0 Å². The maximum Gasteiger partial charge on any atom is 0.184 e. The van der Waals surface area contributed by atoms with Crippen molar-refractivity contribution in [2.24, 2.45) is 4.99 Å². The number of hydrogen-bond donors (Lipinski definition) is 1. The Bertz CT molecular complexity index is 132. The first-order valence-electron chi connectivity index (χ1n) is 1.78. The van der Waals surface area contributed by atoms with Gasteiger partial charge >= 0.3 is 0 Å². The van der Waals surface area contributed by atoms with Gasteiger partial charge in [0.15, 0.2) is 5.17 Å². The van der Waals surface area contributed by atoms with E-state index >= 15 is 0 Å². The molecule has 0 saturated heterocycles. The molecule has 0 unspecified atom stereocenters. The van der Waals surface area contributed by atoms with Gasteiger partial charge in [0.25, 0.3) is 0 Å². The molecule has 0 radical (unpaired) electrons. The summed E-state index contributed by atoms with van der Waals surface area (Å²) in [7, 11) is 0. The molecule has 0 fully saturated rings. The minimum absolute atomic E-state index is 0.338. The fourth-order valence-electron chi connectivity index (χ4n) is 0.308. The number of nitrogens with zero attached hydrogens (tertiary/aromatic N) is 1. The Kier molecular flexibility index (Phi) is 0.982. The zero-order valence-electron chi connectivity index (χ0n) is 3.64. The molecule has 3 heteroatoms. The summed E-state index contributed by atoms with van der Waals surface area (Å²) in [4.78, 5) is 4.49. The molecule has 0 atom stereocenters. The summed E-state index contributed by atoms with van der Waals surface area (Å²) in [5.74, 6) is 0. The molecule has 0 aromatic heterocycles. The van der Waals surface area contributed by atoms with Crippen molar-refractivity contribution in [2.75, 3.05) is 0 Å². The Balaban J connectivity index is 2.76. The summed E-state index contributed by atoms with van der Waals surface area (Å²) in [5, 5.41) is 7.22. The van der Waals surface area contributed by atoms with E-state index in [1.54, 1.807) is 6.21 Å². The predicted molar refractivity (Wildman–Crippen MR) is 32.9 cm³/mol. The van der Waals surface area contributed by atoms with Gasteiger partial charge in [-0.1, -0.05) is 6.58 Å². The van der Waals surface area contributed by atoms with Crippen LogP contribution in [0.5, 0.6) is 0 Å². The van der Waals surface area contributed by atoms with Crippen molar-refractivity contribution in [2.45, 2.75) is 0 Å². The fraction of sp³-hybridized carbons (Fsp3) is 0. The Morgan fingerprint density at radius 1 is 1.86 bits per heavy atom. The van der Waals surface area contributed by atoms with E-state index in [0.29, 0.717) is 5.17 Å². The number of rotatable bonds is 0. The maximum absolute atomic E-state index is 6.88. The van der Waals surface area contributed by atoms with E-state index < -0.39 is 0 Å². The molecule has 0 aromatic carbocycles. The molecule has 7 heavy (non-hydrogen) atoms. The zero-order chi connectivity index (χ0) is 5.28. The molecule has 0 saturated carbocycles. The minimum atomic E-state index is 0.338. The largest absolute Gasteiger partial charge is 0.277 e.